The summed E-state index contributed by atoms with van der Waals surface area (Å²) >= 11 is 0. The molecule has 0 amide bonds. The molecule has 79 heavy (non-hydrogen) atoms. The van der Waals surface area contributed by atoms with Crippen LogP contribution in [0.15, 0.2) is 148 Å². The molecule has 2 aromatic heterocycles. The van der Waals surface area contributed by atoms with Gasteiger partial charge in [-0.25, -0.2) is 0 Å². The van der Waals surface area contributed by atoms with Crippen molar-refractivity contribution in [2.24, 2.45) is 0 Å². The molecular formula is C75H80N2O2. The summed E-state index contributed by atoms with van der Waals surface area (Å²) in [5.41, 5.74) is 25.3. The van der Waals surface area contributed by atoms with Crippen LogP contribution in [0.1, 0.15) is 172 Å². The monoisotopic (exact) mass is 1040 g/mol. The van der Waals surface area contributed by atoms with Crippen LogP contribution in [0.25, 0.3) is 55.0 Å². The van der Waals surface area contributed by atoms with Gasteiger partial charge in [-0.3, -0.25) is 0 Å². The lowest BCUT2D eigenvalue weighted by atomic mass is 9.63. The third-order valence-corrected chi connectivity index (χ3v) is 19.9. The molecule has 0 fully saturated rings. The molecule has 4 nitrogen and oxygen atoms in total. The smallest absolute Gasteiger partial charge is 0.137 e. The molecule has 0 N–H and O–H groups in total. The molecule has 0 saturated heterocycles. The Morgan fingerprint density at radius 3 is 1.37 bits per heavy atom. The number of nitrogens with zero attached hydrogens (tertiary/aromatic N) is 2. The summed E-state index contributed by atoms with van der Waals surface area (Å²) in [6.07, 6.45) is 6.92. The Hall–Kier alpha value is -7.04. The van der Waals surface area contributed by atoms with Gasteiger partial charge >= 0.3 is 0 Å². The average molecular weight is 1040 g/mol. The minimum absolute atomic E-state index is 0.0153. The molecule has 8 aromatic carbocycles. The molecular weight excluding hydrogens is 961 g/mol. The first-order valence-corrected chi connectivity index (χ1v) is 29.4. The van der Waals surface area contributed by atoms with E-state index in [1.54, 1.807) is 0 Å². The Morgan fingerprint density at radius 2 is 0.785 bits per heavy atom. The van der Waals surface area contributed by atoms with Crippen LogP contribution in [0.5, 0.6) is 0 Å². The van der Waals surface area contributed by atoms with Crippen LogP contribution in [0, 0.1) is 20.8 Å². The predicted molar refractivity (Wildman–Crippen MR) is 336 cm³/mol. The zero-order chi connectivity index (χ0) is 55.5. The number of benzene rings is 8. The highest BCUT2D eigenvalue weighted by molar-refractivity contribution is 6.14. The van der Waals surface area contributed by atoms with Crippen LogP contribution in [0.4, 0.5) is 34.1 Å². The van der Waals surface area contributed by atoms with E-state index < -0.39 is 0 Å². The summed E-state index contributed by atoms with van der Waals surface area (Å²) < 4.78 is 13.8. The molecule has 0 spiro atoms. The van der Waals surface area contributed by atoms with E-state index in [4.69, 9.17) is 8.83 Å². The molecule has 2 heterocycles. The molecule has 10 aromatic rings. The molecule has 0 bridgehead atoms. The lowest BCUT2D eigenvalue weighted by Crippen LogP contribution is -2.34. The number of hydrogen-bond acceptors (Lipinski definition) is 4. The minimum atomic E-state index is 0.0153. The average Bonchev–Trinajstić information content (AvgIpc) is 4.19. The van der Waals surface area contributed by atoms with E-state index in [2.05, 4.69) is 253 Å². The van der Waals surface area contributed by atoms with E-state index >= 15 is 0 Å². The first kappa shape index (κ1) is 51.4. The molecule has 402 valence electrons. The third kappa shape index (κ3) is 8.27. The summed E-state index contributed by atoms with van der Waals surface area (Å²) in [6.45, 7) is 35.9. The highest BCUT2D eigenvalue weighted by Crippen LogP contribution is 2.54. The van der Waals surface area contributed by atoms with Gasteiger partial charge in [-0.2, -0.15) is 0 Å². The number of aryl methyl sites for hydroxylation is 3. The molecule has 3 aliphatic carbocycles. The maximum atomic E-state index is 7.10. The molecule has 13 rings (SSSR count). The SMILES string of the molecule is Cc1cc(C)c(-c2cc(N(c3ccc4c(c3)C(C)(C)CCC4(C)C)c3ccc4c(c3)C(C)(C)CCC4(C)C)cc(N(c3ccc4c(c3)oc3cc5c(cc34)C(C)(C)CCC5(C)C)c3cccc4oc5ccccc5c34)c2)c(C)c1. The van der Waals surface area contributed by atoms with Crippen molar-refractivity contribution in [1.29, 1.82) is 0 Å². The number of furan rings is 2. The largest absolute Gasteiger partial charge is 0.456 e. The van der Waals surface area contributed by atoms with E-state index in [-0.39, 0.29) is 32.5 Å². The minimum Gasteiger partial charge on any atom is -0.456 e. The maximum absolute atomic E-state index is 7.10. The summed E-state index contributed by atoms with van der Waals surface area (Å²) in [6, 6.07) is 53.7. The fourth-order valence-electron chi connectivity index (χ4n) is 14.8. The van der Waals surface area contributed by atoms with Crippen molar-refractivity contribution in [2.45, 2.75) is 175 Å². The summed E-state index contributed by atoms with van der Waals surface area (Å²) in [5, 5.41) is 4.47. The van der Waals surface area contributed by atoms with Crippen LogP contribution in [-0.4, -0.2) is 0 Å². The Bertz CT molecular complexity index is 4040. The summed E-state index contributed by atoms with van der Waals surface area (Å²) in [5.74, 6) is 0. The molecule has 0 aliphatic heterocycles. The van der Waals surface area contributed by atoms with Crippen LogP contribution in [-0.2, 0) is 32.5 Å². The van der Waals surface area contributed by atoms with E-state index in [0.717, 1.165) is 86.9 Å². The zero-order valence-electron chi connectivity index (χ0n) is 49.7. The lowest BCUT2D eigenvalue weighted by molar-refractivity contribution is 0.332. The second-order valence-electron chi connectivity index (χ2n) is 28.4. The van der Waals surface area contributed by atoms with Gasteiger partial charge in [0.2, 0.25) is 0 Å². The first-order chi connectivity index (χ1) is 37.3. The molecule has 0 radical (unpaired) electrons. The number of rotatable bonds is 7. The zero-order valence-corrected chi connectivity index (χ0v) is 49.7. The quantitative estimate of drug-likeness (QED) is 0.159. The van der Waals surface area contributed by atoms with Gasteiger partial charge in [-0.15, -0.1) is 0 Å². The Morgan fingerprint density at radius 1 is 0.329 bits per heavy atom. The van der Waals surface area contributed by atoms with Crippen molar-refractivity contribution in [3.05, 3.63) is 190 Å². The molecule has 0 atom stereocenters. The van der Waals surface area contributed by atoms with E-state index in [1.165, 1.54) is 90.8 Å². The topological polar surface area (TPSA) is 32.8 Å². The summed E-state index contributed by atoms with van der Waals surface area (Å²) in [7, 11) is 0. The van der Waals surface area contributed by atoms with Crippen molar-refractivity contribution < 1.29 is 8.83 Å². The van der Waals surface area contributed by atoms with Gasteiger partial charge in [0.25, 0.3) is 0 Å². The second-order valence-corrected chi connectivity index (χ2v) is 28.4. The molecule has 4 heteroatoms. The van der Waals surface area contributed by atoms with E-state index in [1.807, 2.05) is 0 Å². The fourth-order valence-corrected chi connectivity index (χ4v) is 14.8. The van der Waals surface area contributed by atoms with Crippen molar-refractivity contribution in [2.75, 3.05) is 9.80 Å². The number of anilines is 6. The van der Waals surface area contributed by atoms with Gasteiger partial charge in [-0.05, 0) is 232 Å². The lowest BCUT2D eigenvalue weighted by Gasteiger charge is -2.43. The molecule has 0 saturated carbocycles. The van der Waals surface area contributed by atoms with Gasteiger partial charge < -0.3 is 18.6 Å². The molecule has 3 aliphatic rings. The normalized spacial score (nSPS) is 18.4. The van der Waals surface area contributed by atoms with Crippen molar-refractivity contribution >= 4 is 78.0 Å². The first-order valence-electron chi connectivity index (χ1n) is 29.4. The summed E-state index contributed by atoms with van der Waals surface area (Å²) in [4.78, 5) is 5.07. The van der Waals surface area contributed by atoms with Crippen molar-refractivity contribution in [3.8, 4) is 11.1 Å². The predicted octanol–water partition coefficient (Wildman–Crippen LogP) is 22.1. The highest BCUT2D eigenvalue weighted by Gasteiger charge is 2.41. The van der Waals surface area contributed by atoms with E-state index in [0.29, 0.717) is 0 Å². The number of para-hydroxylation sites is 1. The Labute approximate surface area is 469 Å². The van der Waals surface area contributed by atoms with Crippen LogP contribution in [0.2, 0.25) is 0 Å². The van der Waals surface area contributed by atoms with Crippen molar-refractivity contribution in [3.63, 3.8) is 0 Å². The van der Waals surface area contributed by atoms with Gasteiger partial charge in [0.15, 0.2) is 0 Å². The van der Waals surface area contributed by atoms with Gasteiger partial charge in [0.05, 0.1) is 11.1 Å². The van der Waals surface area contributed by atoms with Crippen LogP contribution < -0.4 is 9.80 Å². The number of fused-ring (bicyclic) bond motifs is 9. The fraction of sp³-hybridized carbons (Fsp3) is 0.360. The van der Waals surface area contributed by atoms with Crippen molar-refractivity contribution in [1.82, 2.24) is 0 Å². The Balaban J connectivity index is 1.12. The number of hydrogen-bond donors (Lipinski definition) is 0. The highest BCUT2D eigenvalue weighted by atomic mass is 16.3. The van der Waals surface area contributed by atoms with Gasteiger partial charge in [0, 0.05) is 50.7 Å². The van der Waals surface area contributed by atoms with Gasteiger partial charge in [0.1, 0.15) is 22.3 Å². The van der Waals surface area contributed by atoms with Crippen LogP contribution >= 0.6 is 0 Å². The standard InChI is InChI=1S/C75H80N2O2/c1-45-35-46(2)68(47(3)36-45)48-37-52(76(49-24-27-57-59(40-49)72(8,9)31-29-70(57,4)5)50-25-28-58-60(41-50)73(10,11)32-30-71(58,6)7)39-53(38-48)77(63-20-18-22-65-69(63)55-19-16-17-21-64(55)78-65)51-23-26-54-56-43-61-62(44-67(56)79-66(54)42-51)75(14,15)34-33-74(61,12)13/h16-28,35-44H,29-34H2,1-15H3. The van der Waals surface area contributed by atoms with E-state index in [9.17, 15) is 0 Å². The third-order valence-electron chi connectivity index (χ3n) is 19.9. The second kappa shape index (κ2) is 17.5. The van der Waals surface area contributed by atoms with Crippen LogP contribution in [0.3, 0.4) is 0 Å². The maximum Gasteiger partial charge on any atom is 0.137 e. The van der Waals surface area contributed by atoms with Gasteiger partial charge in [-0.1, -0.05) is 137 Å². The Kier molecular flexibility index (Phi) is 11.4. The molecule has 0 unspecified atom stereocenters.